The van der Waals surface area contributed by atoms with Gasteiger partial charge in [0.1, 0.15) is 5.75 Å². The lowest BCUT2D eigenvalue weighted by molar-refractivity contribution is 0.317. The quantitative estimate of drug-likeness (QED) is 0.816. The number of aromatic nitrogens is 3. The van der Waals surface area contributed by atoms with Gasteiger partial charge < -0.3 is 4.74 Å². The van der Waals surface area contributed by atoms with Gasteiger partial charge in [-0.25, -0.2) is 24.4 Å². The zero-order chi connectivity index (χ0) is 12.3. The number of H-pyrrole nitrogens is 2. The zero-order valence-corrected chi connectivity index (χ0v) is 9.40. The van der Waals surface area contributed by atoms with Crippen molar-refractivity contribution in [3.63, 3.8) is 0 Å². The topological polar surface area (TPSA) is 79.9 Å². The summed E-state index contributed by atoms with van der Waals surface area (Å²) in [6.07, 6.45) is 0.929. The van der Waals surface area contributed by atoms with Gasteiger partial charge in [0.15, 0.2) is 0 Å². The summed E-state index contributed by atoms with van der Waals surface area (Å²) in [5.74, 6) is 0.718. The van der Waals surface area contributed by atoms with Crippen LogP contribution in [0.25, 0.3) is 5.69 Å². The molecule has 90 valence electrons. The van der Waals surface area contributed by atoms with Crippen LogP contribution in [0.3, 0.4) is 0 Å². The van der Waals surface area contributed by atoms with E-state index in [0.29, 0.717) is 12.3 Å². The molecule has 1 aromatic heterocycles. The Kier molecular flexibility index (Phi) is 3.13. The third kappa shape index (κ3) is 2.30. The Bertz CT molecular complexity index is 564. The molecule has 6 heteroatoms. The first-order valence-corrected chi connectivity index (χ1v) is 5.35. The van der Waals surface area contributed by atoms with Crippen LogP contribution in [0.2, 0.25) is 0 Å². The molecule has 0 fully saturated rings. The van der Waals surface area contributed by atoms with Crippen molar-refractivity contribution in [2.75, 3.05) is 6.61 Å². The summed E-state index contributed by atoms with van der Waals surface area (Å²) in [4.78, 5) is 22.7. The Morgan fingerprint density at radius 1 is 1.12 bits per heavy atom. The van der Waals surface area contributed by atoms with Crippen molar-refractivity contribution in [2.24, 2.45) is 0 Å². The average Bonchev–Trinajstić information content (AvgIpc) is 2.67. The summed E-state index contributed by atoms with van der Waals surface area (Å²) < 4.78 is 6.42. The normalized spacial score (nSPS) is 10.4. The maximum atomic E-state index is 11.3. The second-order valence-corrected chi connectivity index (χ2v) is 3.54. The van der Waals surface area contributed by atoms with Crippen LogP contribution in [0, 0.1) is 0 Å². The second-order valence-electron chi connectivity index (χ2n) is 3.54. The highest BCUT2D eigenvalue weighted by atomic mass is 16.5. The predicted molar refractivity (Wildman–Crippen MR) is 62.8 cm³/mol. The molecule has 2 aromatic rings. The highest BCUT2D eigenvalue weighted by molar-refractivity contribution is 5.36. The van der Waals surface area contributed by atoms with Gasteiger partial charge in [0.2, 0.25) is 0 Å². The van der Waals surface area contributed by atoms with Gasteiger partial charge in [0.25, 0.3) is 0 Å². The Morgan fingerprint density at radius 3 is 2.24 bits per heavy atom. The molecule has 0 aliphatic carbocycles. The fraction of sp³-hybridized carbons (Fsp3) is 0.273. The van der Waals surface area contributed by atoms with Crippen LogP contribution < -0.4 is 16.1 Å². The third-order valence-corrected chi connectivity index (χ3v) is 2.25. The van der Waals surface area contributed by atoms with Crippen LogP contribution in [0.5, 0.6) is 5.75 Å². The maximum absolute atomic E-state index is 11.3. The van der Waals surface area contributed by atoms with Crippen molar-refractivity contribution in [1.29, 1.82) is 0 Å². The fourth-order valence-corrected chi connectivity index (χ4v) is 1.46. The van der Waals surface area contributed by atoms with E-state index in [2.05, 4.69) is 10.2 Å². The second kappa shape index (κ2) is 4.73. The molecule has 0 atom stereocenters. The fourth-order valence-electron chi connectivity index (χ4n) is 1.46. The summed E-state index contributed by atoms with van der Waals surface area (Å²) in [7, 11) is 0. The maximum Gasteiger partial charge on any atom is 0.348 e. The smallest absolute Gasteiger partial charge is 0.348 e. The molecule has 0 spiro atoms. The molecular weight excluding hydrogens is 222 g/mol. The molecule has 0 aliphatic heterocycles. The number of hydrogen-bond donors (Lipinski definition) is 2. The zero-order valence-electron chi connectivity index (χ0n) is 9.40. The molecule has 1 aromatic carbocycles. The van der Waals surface area contributed by atoms with Gasteiger partial charge in [-0.3, -0.25) is 0 Å². The SMILES string of the molecule is CCCOc1ccc(-n2c(=O)[nH][nH]c2=O)cc1. The summed E-state index contributed by atoms with van der Waals surface area (Å²) in [6.45, 7) is 2.66. The van der Waals surface area contributed by atoms with Crippen LogP contribution in [0.4, 0.5) is 0 Å². The van der Waals surface area contributed by atoms with E-state index in [9.17, 15) is 9.59 Å². The standard InChI is InChI=1S/C11H13N3O3/c1-2-7-17-9-5-3-8(4-6-9)14-10(15)12-13-11(14)16/h3-6H,2,7H2,1H3,(H,12,15)(H,13,16). The minimum atomic E-state index is -0.489. The molecule has 0 radical (unpaired) electrons. The van der Waals surface area contributed by atoms with Crippen molar-refractivity contribution in [3.8, 4) is 11.4 Å². The van der Waals surface area contributed by atoms with Gasteiger partial charge >= 0.3 is 11.4 Å². The lowest BCUT2D eigenvalue weighted by atomic mass is 10.3. The molecule has 2 rings (SSSR count). The third-order valence-electron chi connectivity index (χ3n) is 2.25. The Morgan fingerprint density at radius 2 is 1.71 bits per heavy atom. The van der Waals surface area contributed by atoms with Crippen molar-refractivity contribution >= 4 is 0 Å². The molecular formula is C11H13N3O3. The molecule has 17 heavy (non-hydrogen) atoms. The number of hydrogen-bond acceptors (Lipinski definition) is 3. The minimum Gasteiger partial charge on any atom is -0.494 e. The highest BCUT2D eigenvalue weighted by Gasteiger charge is 2.05. The van der Waals surface area contributed by atoms with Crippen molar-refractivity contribution < 1.29 is 4.74 Å². The summed E-state index contributed by atoms with van der Waals surface area (Å²) in [6, 6.07) is 6.78. The Labute approximate surface area is 96.8 Å². The molecule has 1 heterocycles. The number of nitrogens with one attached hydrogen (secondary N) is 2. The van der Waals surface area contributed by atoms with E-state index in [1.807, 2.05) is 6.92 Å². The minimum absolute atomic E-state index is 0.489. The highest BCUT2D eigenvalue weighted by Crippen LogP contribution is 2.13. The van der Waals surface area contributed by atoms with Gasteiger partial charge in [-0.1, -0.05) is 6.92 Å². The van der Waals surface area contributed by atoms with Crippen LogP contribution in [0.15, 0.2) is 33.9 Å². The average molecular weight is 235 g/mol. The largest absolute Gasteiger partial charge is 0.494 e. The van der Waals surface area contributed by atoms with Crippen molar-refractivity contribution in [2.45, 2.75) is 13.3 Å². The van der Waals surface area contributed by atoms with E-state index < -0.39 is 11.4 Å². The van der Waals surface area contributed by atoms with Crippen molar-refractivity contribution in [3.05, 3.63) is 45.2 Å². The van der Waals surface area contributed by atoms with Gasteiger partial charge in [0, 0.05) is 0 Å². The van der Waals surface area contributed by atoms with E-state index in [-0.39, 0.29) is 0 Å². The molecule has 0 amide bonds. The van der Waals surface area contributed by atoms with E-state index >= 15 is 0 Å². The van der Waals surface area contributed by atoms with Gasteiger partial charge in [-0.15, -0.1) is 0 Å². The van der Waals surface area contributed by atoms with E-state index in [1.54, 1.807) is 24.3 Å². The van der Waals surface area contributed by atoms with Gasteiger partial charge in [0.05, 0.1) is 12.3 Å². The number of rotatable bonds is 4. The number of nitrogens with zero attached hydrogens (tertiary/aromatic N) is 1. The first-order valence-electron chi connectivity index (χ1n) is 5.35. The molecule has 6 nitrogen and oxygen atoms in total. The lowest BCUT2D eigenvalue weighted by Crippen LogP contribution is -2.24. The summed E-state index contributed by atoms with van der Waals surface area (Å²) in [5.41, 5.74) is -0.476. The van der Waals surface area contributed by atoms with Crippen LogP contribution >= 0.6 is 0 Å². The molecule has 0 unspecified atom stereocenters. The van der Waals surface area contributed by atoms with E-state index in [0.717, 1.165) is 16.7 Å². The Hall–Kier alpha value is -2.24. The molecule has 2 N–H and O–H groups in total. The molecule has 0 aliphatic rings. The summed E-state index contributed by atoms with van der Waals surface area (Å²) in [5, 5.41) is 4.45. The van der Waals surface area contributed by atoms with E-state index in [4.69, 9.17) is 4.74 Å². The lowest BCUT2D eigenvalue weighted by Gasteiger charge is -2.05. The van der Waals surface area contributed by atoms with Crippen LogP contribution in [-0.4, -0.2) is 21.4 Å². The van der Waals surface area contributed by atoms with Crippen LogP contribution in [-0.2, 0) is 0 Å². The molecule has 0 saturated carbocycles. The Balaban J connectivity index is 2.30. The number of benzene rings is 1. The summed E-state index contributed by atoms with van der Waals surface area (Å²) >= 11 is 0. The van der Waals surface area contributed by atoms with Crippen LogP contribution in [0.1, 0.15) is 13.3 Å². The number of aromatic amines is 2. The van der Waals surface area contributed by atoms with E-state index in [1.165, 1.54) is 0 Å². The van der Waals surface area contributed by atoms with Gasteiger partial charge in [-0.2, -0.15) is 0 Å². The first-order chi connectivity index (χ1) is 8.22. The van der Waals surface area contributed by atoms with Crippen molar-refractivity contribution in [1.82, 2.24) is 14.8 Å². The number of ether oxygens (including phenoxy) is 1. The first kappa shape index (κ1) is 11.3. The molecule has 0 saturated heterocycles. The molecule has 0 bridgehead atoms. The van der Waals surface area contributed by atoms with Gasteiger partial charge in [-0.05, 0) is 30.7 Å². The monoisotopic (exact) mass is 235 g/mol. The predicted octanol–water partition coefficient (Wildman–Crippen LogP) is 0.643.